The standard InChI is InChI=1S/C12H16N2O5S/c1-9-2-3-10(8-11(9)20(17,18)13-16)12(15)14-4-6-19-7-5-14/h2-3,8,13,16H,4-7H2,1H3. The molecule has 0 bridgehead atoms. The summed E-state index contributed by atoms with van der Waals surface area (Å²) >= 11 is 0. The molecule has 0 unspecified atom stereocenters. The summed E-state index contributed by atoms with van der Waals surface area (Å²) in [7, 11) is -4.01. The van der Waals surface area contributed by atoms with Crippen molar-refractivity contribution in [2.75, 3.05) is 26.3 Å². The van der Waals surface area contributed by atoms with Crippen LogP contribution in [0.15, 0.2) is 23.1 Å². The van der Waals surface area contributed by atoms with Crippen LogP contribution in [0.1, 0.15) is 15.9 Å². The van der Waals surface area contributed by atoms with Crippen molar-refractivity contribution in [2.24, 2.45) is 0 Å². The van der Waals surface area contributed by atoms with E-state index in [4.69, 9.17) is 9.94 Å². The zero-order valence-electron chi connectivity index (χ0n) is 11.0. The molecule has 0 aromatic heterocycles. The lowest BCUT2D eigenvalue weighted by atomic mass is 10.1. The van der Waals surface area contributed by atoms with Crippen LogP contribution in [0.3, 0.4) is 0 Å². The van der Waals surface area contributed by atoms with Gasteiger partial charge in [0.25, 0.3) is 15.9 Å². The van der Waals surface area contributed by atoms with E-state index < -0.39 is 10.0 Å². The number of morpholine rings is 1. The normalized spacial score (nSPS) is 16.2. The summed E-state index contributed by atoms with van der Waals surface area (Å²) in [5, 5.41) is 8.70. The molecule has 7 nitrogen and oxygen atoms in total. The van der Waals surface area contributed by atoms with E-state index in [0.29, 0.717) is 31.9 Å². The van der Waals surface area contributed by atoms with Crippen molar-refractivity contribution in [3.8, 4) is 0 Å². The first kappa shape index (κ1) is 14.9. The topological polar surface area (TPSA) is 95.9 Å². The van der Waals surface area contributed by atoms with Gasteiger partial charge in [0.05, 0.1) is 18.1 Å². The minimum absolute atomic E-state index is 0.112. The van der Waals surface area contributed by atoms with E-state index in [1.165, 1.54) is 17.0 Å². The zero-order valence-corrected chi connectivity index (χ0v) is 11.8. The molecule has 0 atom stereocenters. The third kappa shape index (κ3) is 2.98. The Morgan fingerprint density at radius 3 is 2.60 bits per heavy atom. The van der Waals surface area contributed by atoms with E-state index >= 15 is 0 Å². The molecule has 1 aliphatic rings. The van der Waals surface area contributed by atoms with Crippen LogP contribution in [-0.4, -0.2) is 50.7 Å². The molecule has 20 heavy (non-hydrogen) atoms. The average molecular weight is 300 g/mol. The Morgan fingerprint density at radius 1 is 1.35 bits per heavy atom. The number of rotatable bonds is 3. The number of ether oxygens (including phenoxy) is 1. The van der Waals surface area contributed by atoms with E-state index in [2.05, 4.69) is 0 Å². The van der Waals surface area contributed by atoms with E-state index in [0.717, 1.165) is 0 Å². The number of nitrogens with zero attached hydrogens (tertiary/aromatic N) is 1. The summed E-state index contributed by atoms with van der Waals surface area (Å²) in [5.74, 6) is -0.248. The maximum atomic E-state index is 12.3. The molecule has 1 aromatic carbocycles. The fraction of sp³-hybridized carbons (Fsp3) is 0.417. The largest absolute Gasteiger partial charge is 0.378 e. The van der Waals surface area contributed by atoms with Crippen molar-refractivity contribution in [2.45, 2.75) is 11.8 Å². The summed E-state index contributed by atoms with van der Waals surface area (Å²) in [6.07, 6.45) is 0. The quantitative estimate of drug-likeness (QED) is 0.774. The average Bonchev–Trinajstić information content (AvgIpc) is 2.47. The molecule has 1 fully saturated rings. The van der Waals surface area contributed by atoms with Crippen molar-refractivity contribution < 1.29 is 23.2 Å². The molecule has 0 spiro atoms. The Hall–Kier alpha value is -1.48. The molecule has 0 aliphatic carbocycles. The molecule has 2 rings (SSSR count). The van der Waals surface area contributed by atoms with Gasteiger partial charge in [-0.15, -0.1) is 0 Å². The number of aryl methyl sites for hydroxylation is 1. The Kier molecular flexibility index (Phi) is 4.39. The molecule has 1 aliphatic heterocycles. The fourth-order valence-corrected chi connectivity index (χ4v) is 2.89. The highest BCUT2D eigenvalue weighted by Crippen LogP contribution is 2.18. The van der Waals surface area contributed by atoms with Crippen LogP contribution in [0.5, 0.6) is 0 Å². The van der Waals surface area contributed by atoms with Gasteiger partial charge in [0.15, 0.2) is 0 Å². The first-order valence-corrected chi connectivity index (χ1v) is 7.57. The summed E-state index contributed by atoms with van der Waals surface area (Å²) in [6, 6.07) is 4.38. The third-order valence-corrected chi connectivity index (χ3v) is 4.40. The van der Waals surface area contributed by atoms with E-state index in [1.807, 2.05) is 0 Å². The number of hydrogen-bond donors (Lipinski definition) is 2. The highest BCUT2D eigenvalue weighted by Gasteiger charge is 2.22. The van der Waals surface area contributed by atoms with Crippen LogP contribution in [0.2, 0.25) is 0 Å². The Balaban J connectivity index is 2.34. The number of nitrogens with one attached hydrogen (secondary N) is 1. The van der Waals surface area contributed by atoms with Crippen LogP contribution in [-0.2, 0) is 14.8 Å². The molecule has 0 saturated carbocycles. The van der Waals surface area contributed by atoms with Gasteiger partial charge in [-0.05, 0) is 24.6 Å². The second-order valence-corrected chi connectivity index (χ2v) is 6.11. The third-order valence-electron chi connectivity index (χ3n) is 3.14. The van der Waals surface area contributed by atoms with Crippen LogP contribution >= 0.6 is 0 Å². The van der Waals surface area contributed by atoms with Gasteiger partial charge >= 0.3 is 0 Å². The number of sulfonamides is 1. The number of benzene rings is 1. The molecule has 1 heterocycles. The van der Waals surface area contributed by atoms with Crippen LogP contribution in [0, 0.1) is 6.92 Å². The molecule has 110 valence electrons. The first-order chi connectivity index (χ1) is 9.45. The van der Waals surface area contributed by atoms with Gasteiger partial charge in [-0.1, -0.05) is 11.0 Å². The molecule has 8 heteroatoms. The summed E-state index contributed by atoms with van der Waals surface area (Å²) in [6.45, 7) is 3.50. The van der Waals surface area contributed by atoms with Crippen molar-refractivity contribution in [3.05, 3.63) is 29.3 Å². The number of hydrogen-bond acceptors (Lipinski definition) is 5. The Bertz CT molecular complexity index is 608. The van der Waals surface area contributed by atoms with Crippen molar-refractivity contribution >= 4 is 15.9 Å². The SMILES string of the molecule is Cc1ccc(C(=O)N2CCOCC2)cc1S(=O)(=O)NO. The molecule has 1 aromatic rings. The molecule has 1 saturated heterocycles. The van der Waals surface area contributed by atoms with E-state index in [1.54, 1.807) is 17.9 Å². The van der Waals surface area contributed by atoms with Crippen molar-refractivity contribution in [1.82, 2.24) is 9.79 Å². The predicted molar refractivity (Wildman–Crippen MR) is 70.0 cm³/mol. The van der Waals surface area contributed by atoms with Crippen LogP contribution in [0.4, 0.5) is 0 Å². The fourth-order valence-electron chi connectivity index (χ4n) is 2.02. The van der Waals surface area contributed by atoms with Gasteiger partial charge in [-0.3, -0.25) is 4.79 Å². The smallest absolute Gasteiger partial charge is 0.262 e. The van der Waals surface area contributed by atoms with Gasteiger partial charge in [0, 0.05) is 18.7 Å². The van der Waals surface area contributed by atoms with E-state index in [9.17, 15) is 13.2 Å². The van der Waals surface area contributed by atoms with Gasteiger partial charge in [0.2, 0.25) is 0 Å². The van der Waals surface area contributed by atoms with E-state index in [-0.39, 0.29) is 16.4 Å². The van der Waals surface area contributed by atoms with Crippen molar-refractivity contribution in [1.29, 1.82) is 0 Å². The highest BCUT2D eigenvalue weighted by atomic mass is 32.2. The predicted octanol–water partition coefficient (Wildman–Crippen LogP) is 0.135. The first-order valence-electron chi connectivity index (χ1n) is 6.09. The monoisotopic (exact) mass is 300 g/mol. The number of carbonyl (C=O) groups excluding carboxylic acids is 1. The molecule has 0 radical (unpaired) electrons. The Morgan fingerprint density at radius 2 is 2.00 bits per heavy atom. The lowest BCUT2D eigenvalue weighted by Gasteiger charge is -2.27. The highest BCUT2D eigenvalue weighted by molar-refractivity contribution is 7.89. The molecular formula is C12H16N2O5S. The van der Waals surface area contributed by atoms with Gasteiger partial charge in [-0.2, -0.15) is 0 Å². The van der Waals surface area contributed by atoms with Gasteiger partial charge < -0.3 is 14.8 Å². The van der Waals surface area contributed by atoms with Crippen LogP contribution in [0.25, 0.3) is 0 Å². The minimum atomic E-state index is -4.01. The summed E-state index contributed by atoms with van der Waals surface area (Å²) in [4.78, 5) is 15.0. The summed E-state index contributed by atoms with van der Waals surface area (Å²) in [5.41, 5.74) is 0.719. The molecule has 1 amide bonds. The summed E-state index contributed by atoms with van der Waals surface area (Å²) < 4.78 is 28.5. The number of amides is 1. The number of carbonyl (C=O) groups is 1. The van der Waals surface area contributed by atoms with Gasteiger partial charge in [-0.25, -0.2) is 8.42 Å². The molecule has 2 N–H and O–H groups in total. The lowest BCUT2D eigenvalue weighted by molar-refractivity contribution is 0.0302. The zero-order chi connectivity index (χ0) is 14.8. The van der Waals surface area contributed by atoms with Crippen molar-refractivity contribution in [3.63, 3.8) is 0 Å². The van der Waals surface area contributed by atoms with Gasteiger partial charge in [0.1, 0.15) is 0 Å². The second-order valence-electron chi connectivity index (χ2n) is 4.48. The second kappa shape index (κ2) is 5.88. The Labute approximate surface area is 117 Å². The molecular weight excluding hydrogens is 284 g/mol. The van der Waals surface area contributed by atoms with Crippen LogP contribution < -0.4 is 4.89 Å². The maximum absolute atomic E-state index is 12.3. The minimum Gasteiger partial charge on any atom is -0.378 e. The maximum Gasteiger partial charge on any atom is 0.262 e. The lowest BCUT2D eigenvalue weighted by Crippen LogP contribution is -2.40.